The van der Waals surface area contributed by atoms with Crippen molar-refractivity contribution in [1.82, 2.24) is 4.90 Å². The summed E-state index contributed by atoms with van der Waals surface area (Å²) < 4.78 is 5.66. The number of likely N-dealkylation sites (tertiary alicyclic amines) is 1. The predicted molar refractivity (Wildman–Crippen MR) is 71.9 cm³/mol. The van der Waals surface area contributed by atoms with Crippen molar-refractivity contribution >= 4 is 12.1 Å². The van der Waals surface area contributed by atoms with Gasteiger partial charge in [-0.05, 0) is 56.6 Å². The van der Waals surface area contributed by atoms with Gasteiger partial charge in [-0.1, -0.05) is 0 Å². The van der Waals surface area contributed by atoms with Crippen molar-refractivity contribution < 1.29 is 9.53 Å². The maximum absolute atomic E-state index is 10.2. The van der Waals surface area contributed by atoms with Gasteiger partial charge in [-0.25, -0.2) is 0 Å². The molecule has 1 amide bonds. The maximum Gasteiger partial charge on any atom is 0.211 e. The van der Waals surface area contributed by atoms with Crippen molar-refractivity contribution in [3.05, 3.63) is 24.3 Å². The van der Waals surface area contributed by atoms with Crippen molar-refractivity contribution in [3.8, 4) is 5.75 Å². The summed E-state index contributed by atoms with van der Waals surface area (Å²) in [6.45, 7) is 4.36. The largest absolute Gasteiger partial charge is 0.494 e. The van der Waals surface area contributed by atoms with Gasteiger partial charge in [0.05, 0.1) is 6.61 Å². The van der Waals surface area contributed by atoms with E-state index in [1.165, 1.54) is 25.9 Å². The molecule has 1 aromatic carbocycles. The Hall–Kier alpha value is -1.55. The molecule has 1 N–H and O–H groups in total. The zero-order valence-corrected chi connectivity index (χ0v) is 10.6. The fraction of sp³-hybridized carbons (Fsp3) is 0.500. The third kappa shape index (κ3) is 4.04. The quantitative estimate of drug-likeness (QED) is 0.593. The highest BCUT2D eigenvalue weighted by atomic mass is 16.5. The lowest BCUT2D eigenvalue weighted by Crippen LogP contribution is -2.21. The van der Waals surface area contributed by atoms with Crippen LogP contribution in [0.1, 0.15) is 19.3 Å². The number of benzene rings is 1. The fourth-order valence-corrected chi connectivity index (χ4v) is 2.20. The summed E-state index contributed by atoms with van der Waals surface area (Å²) in [5.74, 6) is 0.855. The third-order valence-corrected chi connectivity index (χ3v) is 3.17. The van der Waals surface area contributed by atoms with E-state index >= 15 is 0 Å². The molecule has 0 spiro atoms. The number of rotatable bonds is 7. The summed E-state index contributed by atoms with van der Waals surface area (Å²) in [4.78, 5) is 12.7. The van der Waals surface area contributed by atoms with Crippen molar-refractivity contribution in [2.45, 2.75) is 19.3 Å². The van der Waals surface area contributed by atoms with Gasteiger partial charge in [-0.2, -0.15) is 0 Å². The number of hydrogen-bond acceptors (Lipinski definition) is 3. The van der Waals surface area contributed by atoms with E-state index in [4.69, 9.17) is 4.74 Å². The number of carbonyl (C=O) groups is 1. The highest BCUT2D eigenvalue weighted by Gasteiger charge is 2.10. The molecule has 4 nitrogen and oxygen atoms in total. The van der Waals surface area contributed by atoms with Crippen LogP contribution in [0.3, 0.4) is 0 Å². The zero-order valence-electron chi connectivity index (χ0n) is 10.6. The number of amides is 1. The first-order valence-electron chi connectivity index (χ1n) is 6.54. The van der Waals surface area contributed by atoms with Crippen molar-refractivity contribution in [2.75, 3.05) is 31.6 Å². The Morgan fingerprint density at radius 1 is 1.22 bits per heavy atom. The molecule has 2 rings (SSSR count). The maximum atomic E-state index is 10.2. The molecular formula is C14H20N2O2. The molecule has 0 atom stereocenters. The molecule has 1 aromatic rings. The number of hydrogen-bond donors (Lipinski definition) is 1. The van der Waals surface area contributed by atoms with Crippen LogP contribution in [0.25, 0.3) is 0 Å². The van der Waals surface area contributed by atoms with E-state index in [0.717, 1.165) is 31.0 Å². The molecule has 1 aliphatic rings. The molecule has 0 aliphatic carbocycles. The van der Waals surface area contributed by atoms with Gasteiger partial charge in [-0.15, -0.1) is 0 Å². The smallest absolute Gasteiger partial charge is 0.211 e. The molecule has 1 heterocycles. The number of anilines is 1. The van der Waals surface area contributed by atoms with E-state index in [9.17, 15) is 4.79 Å². The fourth-order valence-electron chi connectivity index (χ4n) is 2.20. The monoisotopic (exact) mass is 248 g/mol. The summed E-state index contributed by atoms with van der Waals surface area (Å²) >= 11 is 0. The van der Waals surface area contributed by atoms with E-state index in [-0.39, 0.29) is 0 Å². The molecule has 98 valence electrons. The average Bonchev–Trinajstić information content (AvgIpc) is 2.90. The number of nitrogens with one attached hydrogen (secondary N) is 1. The standard InChI is InChI=1S/C14H20N2O2/c17-12-15-13-4-6-14(7-5-13)18-11-3-10-16-8-1-2-9-16/h4-7,12H,1-3,8-11H2,(H,15,17). The second-order valence-corrected chi connectivity index (χ2v) is 4.54. The van der Waals surface area contributed by atoms with Crippen LogP contribution in [0.2, 0.25) is 0 Å². The summed E-state index contributed by atoms with van der Waals surface area (Å²) in [6.07, 6.45) is 4.42. The molecule has 0 radical (unpaired) electrons. The molecule has 0 bridgehead atoms. The highest BCUT2D eigenvalue weighted by molar-refractivity contribution is 5.71. The molecule has 1 aliphatic heterocycles. The number of nitrogens with zero attached hydrogens (tertiary/aromatic N) is 1. The van der Waals surface area contributed by atoms with Crippen LogP contribution < -0.4 is 10.1 Å². The normalized spacial score (nSPS) is 15.6. The van der Waals surface area contributed by atoms with Gasteiger partial charge in [0.1, 0.15) is 5.75 Å². The van der Waals surface area contributed by atoms with Crippen LogP contribution in [0, 0.1) is 0 Å². The number of carbonyl (C=O) groups excluding carboxylic acids is 1. The molecule has 0 unspecified atom stereocenters. The van der Waals surface area contributed by atoms with Crippen LogP contribution in [0.5, 0.6) is 5.75 Å². The van der Waals surface area contributed by atoms with Gasteiger partial charge in [0.2, 0.25) is 6.41 Å². The minimum Gasteiger partial charge on any atom is -0.494 e. The average molecular weight is 248 g/mol. The van der Waals surface area contributed by atoms with Gasteiger partial charge in [0, 0.05) is 12.2 Å². The Balaban J connectivity index is 1.64. The minimum absolute atomic E-state index is 0.673. The summed E-state index contributed by atoms with van der Waals surface area (Å²) in [6, 6.07) is 7.43. The van der Waals surface area contributed by atoms with E-state index in [1.807, 2.05) is 24.3 Å². The first-order chi connectivity index (χ1) is 8.88. The molecular weight excluding hydrogens is 228 g/mol. The minimum atomic E-state index is 0.673. The zero-order chi connectivity index (χ0) is 12.6. The second-order valence-electron chi connectivity index (χ2n) is 4.54. The Morgan fingerprint density at radius 2 is 1.94 bits per heavy atom. The topological polar surface area (TPSA) is 41.6 Å². The van der Waals surface area contributed by atoms with Crippen LogP contribution in [0.15, 0.2) is 24.3 Å². The Kier molecular flexibility index (Phi) is 5.02. The Morgan fingerprint density at radius 3 is 2.61 bits per heavy atom. The summed E-state index contributed by atoms with van der Waals surface area (Å²) in [5, 5.41) is 2.60. The van der Waals surface area contributed by atoms with Crippen LogP contribution in [0.4, 0.5) is 5.69 Å². The molecule has 4 heteroatoms. The van der Waals surface area contributed by atoms with Gasteiger partial charge in [0.15, 0.2) is 0 Å². The van der Waals surface area contributed by atoms with Crippen molar-refractivity contribution in [1.29, 1.82) is 0 Å². The van der Waals surface area contributed by atoms with E-state index in [0.29, 0.717) is 6.41 Å². The van der Waals surface area contributed by atoms with Gasteiger partial charge < -0.3 is 15.0 Å². The van der Waals surface area contributed by atoms with Gasteiger partial charge >= 0.3 is 0 Å². The Bertz CT molecular complexity index is 359. The molecule has 1 saturated heterocycles. The lowest BCUT2D eigenvalue weighted by molar-refractivity contribution is -0.105. The first kappa shape index (κ1) is 12.9. The van der Waals surface area contributed by atoms with E-state index in [2.05, 4.69) is 10.2 Å². The molecule has 1 fully saturated rings. The molecule has 0 aromatic heterocycles. The van der Waals surface area contributed by atoms with Gasteiger partial charge in [0.25, 0.3) is 0 Å². The van der Waals surface area contributed by atoms with E-state index in [1.54, 1.807) is 0 Å². The van der Waals surface area contributed by atoms with Crippen molar-refractivity contribution in [3.63, 3.8) is 0 Å². The van der Waals surface area contributed by atoms with Gasteiger partial charge in [-0.3, -0.25) is 4.79 Å². The highest BCUT2D eigenvalue weighted by Crippen LogP contribution is 2.15. The second kappa shape index (κ2) is 7.01. The lowest BCUT2D eigenvalue weighted by atomic mass is 10.3. The predicted octanol–water partition coefficient (Wildman–Crippen LogP) is 2.12. The van der Waals surface area contributed by atoms with Crippen LogP contribution in [-0.4, -0.2) is 37.6 Å². The van der Waals surface area contributed by atoms with E-state index < -0.39 is 0 Å². The lowest BCUT2D eigenvalue weighted by Gasteiger charge is -2.14. The van der Waals surface area contributed by atoms with Crippen molar-refractivity contribution in [2.24, 2.45) is 0 Å². The summed E-state index contributed by atoms with van der Waals surface area (Å²) in [7, 11) is 0. The molecule has 18 heavy (non-hydrogen) atoms. The third-order valence-electron chi connectivity index (χ3n) is 3.17. The first-order valence-corrected chi connectivity index (χ1v) is 6.54. The Labute approximate surface area is 108 Å². The van der Waals surface area contributed by atoms with Crippen LogP contribution >= 0.6 is 0 Å². The van der Waals surface area contributed by atoms with Crippen LogP contribution in [-0.2, 0) is 4.79 Å². The molecule has 0 saturated carbocycles. The SMILES string of the molecule is O=CNc1ccc(OCCCN2CCCC2)cc1. The summed E-state index contributed by atoms with van der Waals surface area (Å²) in [5.41, 5.74) is 0.786. The number of ether oxygens (including phenoxy) is 1.